The van der Waals surface area contributed by atoms with Gasteiger partial charge in [0.2, 0.25) is 0 Å². The van der Waals surface area contributed by atoms with Gasteiger partial charge in [-0.3, -0.25) is 0 Å². The summed E-state index contributed by atoms with van der Waals surface area (Å²) in [5, 5.41) is 29.9. The van der Waals surface area contributed by atoms with E-state index in [4.69, 9.17) is 61.7 Å². The van der Waals surface area contributed by atoms with Crippen LogP contribution in [0.25, 0.3) is 0 Å². The third-order valence-corrected chi connectivity index (χ3v) is 10.5. The first kappa shape index (κ1) is 32.3. The highest BCUT2D eigenvalue weighted by Crippen LogP contribution is 2.59. The molecule has 1 saturated heterocycles. The van der Waals surface area contributed by atoms with E-state index >= 15 is 0 Å². The highest BCUT2D eigenvalue weighted by molar-refractivity contribution is 6.31. The molecule has 44 heavy (non-hydrogen) atoms. The molecule has 3 aliphatic rings. The molecule has 4 aromatic rings. The van der Waals surface area contributed by atoms with E-state index < -0.39 is 10.5 Å². The van der Waals surface area contributed by atoms with E-state index in [2.05, 4.69) is 21.0 Å². The molecular formula is C32H30Cl4N6O2. The number of nitrogens with one attached hydrogen (secondary N) is 1. The van der Waals surface area contributed by atoms with Crippen molar-refractivity contribution in [2.75, 3.05) is 6.61 Å². The number of nitrogens with zero attached hydrogens (tertiary/aromatic N) is 5. The molecule has 0 amide bonds. The Morgan fingerprint density at radius 3 is 2.05 bits per heavy atom. The number of aromatic nitrogens is 4. The Morgan fingerprint density at radius 1 is 0.932 bits per heavy atom. The quantitative estimate of drug-likeness (QED) is 0.156. The predicted molar refractivity (Wildman–Crippen MR) is 170 cm³/mol. The number of H-pyrrole nitrogens is 1. The molecule has 2 saturated carbocycles. The van der Waals surface area contributed by atoms with Crippen LogP contribution >= 0.6 is 46.4 Å². The second-order valence-electron chi connectivity index (χ2n) is 11.4. The van der Waals surface area contributed by atoms with Crippen LogP contribution in [0.5, 0.6) is 0 Å². The number of aromatic amines is 1. The van der Waals surface area contributed by atoms with E-state index in [0.717, 1.165) is 54.9 Å². The van der Waals surface area contributed by atoms with Gasteiger partial charge in [0.25, 0.3) is 0 Å². The Kier molecular flexibility index (Phi) is 9.63. The maximum atomic E-state index is 11.2. The van der Waals surface area contributed by atoms with E-state index in [0.29, 0.717) is 22.8 Å². The topological polar surface area (TPSA) is 127 Å². The fourth-order valence-corrected chi connectivity index (χ4v) is 6.04. The van der Waals surface area contributed by atoms with Crippen LogP contribution in [0.1, 0.15) is 48.2 Å². The van der Waals surface area contributed by atoms with Crippen molar-refractivity contribution in [2.45, 2.75) is 66.0 Å². The standard InChI is InChI=1S/C16H15Cl2N3O.C12H12Cl2O.C4H3N3/c17-14-4-2-1-3-12(14)7-16(22,15(18)5-6-15)10-21-11-20-9-13(21)8-19;13-10-4-2-1-3-9(10)7-12(8-15-12)11(14)5-6-11;5-1-4-2-6-3-7-4/h1-4,9,11,22H,5-7,10H2;1-4H,5-8H2;2-3H,(H,6,7). The number of hydrogen-bond donors (Lipinski definition) is 2. The average Bonchev–Trinajstić information content (AvgIpc) is 3.98. The van der Waals surface area contributed by atoms with Gasteiger partial charge < -0.3 is 19.4 Å². The molecule has 7 rings (SSSR count). The molecule has 3 heterocycles. The van der Waals surface area contributed by atoms with Gasteiger partial charge in [-0.15, -0.1) is 23.2 Å². The number of nitriles is 2. The van der Waals surface area contributed by atoms with Crippen LogP contribution in [-0.2, 0) is 24.1 Å². The van der Waals surface area contributed by atoms with Crippen molar-refractivity contribution in [3.8, 4) is 12.1 Å². The van der Waals surface area contributed by atoms with Crippen molar-refractivity contribution in [1.29, 1.82) is 10.5 Å². The van der Waals surface area contributed by atoms with Crippen molar-refractivity contribution in [2.24, 2.45) is 0 Å². The van der Waals surface area contributed by atoms with E-state index in [-0.39, 0.29) is 17.0 Å². The summed E-state index contributed by atoms with van der Waals surface area (Å²) in [4.78, 5) is 9.41. The second kappa shape index (κ2) is 13.1. The van der Waals surface area contributed by atoms with Gasteiger partial charge in [0.05, 0.1) is 47.9 Å². The number of alkyl halides is 2. The van der Waals surface area contributed by atoms with Crippen molar-refractivity contribution in [3.05, 3.63) is 106 Å². The minimum absolute atomic E-state index is 0.105. The Balaban J connectivity index is 0.000000149. The zero-order valence-corrected chi connectivity index (χ0v) is 26.7. The fourth-order valence-electron chi connectivity index (χ4n) is 5.15. The summed E-state index contributed by atoms with van der Waals surface area (Å²) in [6.45, 7) is 0.992. The normalized spacial score (nSPS) is 21.2. The first-order valence-electron chi connectivity index (χ1n) is 14.1. The van der Waals surface area contributed by atoms with Crippen LogP contribution in [0.3, 0.4) is 0 Å². The van der Waals surface area contributed by atoms with Crippen molar-refractivity contribution in [3.63, 3.8) is 0 Å². The summed E-state index contributed by atoms with van der Waals surface area (Å²) in [7, 11) is 0. The smallest absolute Gasteiger partial charge is 0.139 e. The third kappa shape index (κ3) is 7.24. The van der Waals surface area contributed by atoms with Gasteiger partial charge in [-0.2, -0.15) is 10.5 Å². The number of epoxide rings is 1. The van der Waals surface area contributed by atoms with E-state index in [1.54, 1.807) is 17.0 Å². The molecule has 2 aromatic carbocycles. The maximum absolute atomic E-state index is 11.2. The highest BCUT2D eigenvalue weighted by atomic mass is 35.5. The molecule has 8 nitrogen and oxygen atoms in total. The Bertz CT molecular complexity index is 1660. The Morgan fingerprint density at radius 2 is 1.57 bits per heavy atom. The van der Waals surface area contributed by atoms with Gasteiger partial charge in [0, 0.05) is 22.9 Å². The van der Waals surface area contributed by atoms with Crippen LogP contribution in [0.4, 0.5) is 0 Å². The molecule has 0 bridgehead atoms. The molecule has 2 unspecified atom stereocenters. The molecule has 0 radical (unpaired) electrons. The number of aliphatic hydroxyl groups is 1. The molecular weight excluding hydrogens is 642 g/mol. The highest BCUT2D eigenvalue weighted by Gasteiger charge is 2.66. The average molecular weight is 672 g/mol. The molecule has 1 aliphatic heterocycles. The van der Waals surface area contributed by atoms with Gasteiger partial charge in [0.15, 0.2) is 0 Å². The number of rotatable bonds is 8. The van der Waals surface area contributed by atoms with Crippen LogP contribution in [0.15, 0.2) is 73.6 Å². The number of ether oxygens (including phenoxy) is 1. The molecule has 2 atom stereocenters. The summed E-state index contributed by atoms with van der Waals surface area (Å²) < 4.78 is 7.23. The molecule has 228 valence electrons. The lowest BCUT2D eigenvalue weighted by Crippen LogP contribution is -2.47. The van der Waals surface area contributed by atoms with Gasteiger partial charge in [0.1, 0.15) is 34.7 Å². The summed E-state index contributed by atoms with van der Waals surface area (Å²) in [6.07, 6.45) is 10.8. The van der Waals surface area contributed by atoms with Gasteiger partial charge in [-0.05, 0) is 48.9 Å². The van der Waals surface area contributed by atoms with Crippen molar-refractivity contribution in [1.82, 2.24) is 19.5 Å². The third-order valence-electron chi connectivity index (χ3n) is 8.27. The molecule has 2 aliphatic carbocycles. The monoisotopic (exact) mass is 670 g/mol. The first-order chi connectivity index (χ1) is 21.1. The lowest BCUT2D eigenvalue weighted by Gasteiger charge is -2.34. The summed E-state index contributed by atoms with van der Waals surface area (Å²) in [5.74, 6) is 0. The molecule has 2 N–H and O–H groups in total. The van der Waals surface area contributed by atoms with Gasteiger partial charge >= 0.3 is 0 Å². The van der Waals surface area contributed by atoms with E-state index in [1.165, 1.54) is 18.7 Å². The SMILES string of the molecule is Clc1ccccc1CC1(C2(Cl)CC2)CO1.N#Cc1cnc[nH]1.N#Cc1cncn1CC(O)(Cc1ccccc1Cl)C1(Cl)CC1. The van der Waals surface area contributed by atoms with E-state index in [1.807, 2.05) is 48.5 Å². The van der Waals surface area contributed by atoms with Gasteiger partial charge in [-0.1, -0.05) is 59.6 Å². The Labute approximate surface area is 276 Å². The van der Waals surface area contributed by atoms with Crippen LogP contribution < -0.4 is 0 Å². The van der Waals surface area contributed by atoms with Crippen LogP contribution in [0.2, 0.25) is 10.0 Å². The van der Waals surface area contributed by atoms with E-state index in [9.17, 15) is 5.11 Å². The molecule has 0 spiro atoms. The number of imidazole rings is 2. The zero-order chi connectivity index (χ0) is 31.4. The minimum Gasteiger partial charge on any atom is -0.386 e. The predicted octanol–water partition coefficient (Wildman–Crippen LogP) is 6.86. The summed E-state index contributed by atoms with van der Waals surface area (Å²) in [5.41, 5.74) is 1.57. The maximum Gasteiger partial charge on any atom is 0.139 e. The molecule has 3 fully saturated rings. The molecule has 2 aromatic heterocycles. The molecule has 12 heteroatoms. The largest absolute Gasteiger partial charge is 0.386 e. The summed E-state index contributed by atoms with van der Waals surface area (Å²) >= 11 is 25.3. The fraction of sp³-hybridized carbons (Fsp3) is 0.375. The second-order valence-corrected chi connectivity index (χ2v) is 13.6. The lowest BCUT2D eigenvalue weighted by atomic mass is 9.88. The number of hydrogen-bond acceptors (Lipinski definition) is 6. The van der Waals surface area contributed by atoms with Gasteiger partial charge in [-0.25, -0.2) is 9.97 Å². The van der Waals surface area contributed by atoms with Crippen molar-refractivity contribution < 1.29 is 9.84 Å². The number of halogens is 4. The Hall–Kier alpha value is -3.08. The summed E-state index contributed by atoms with van der Waals surface area (Å²) in [6, 6.07) is 19.3. The minimum atomic E-state index is -1.19. The number of benzene rings is 2. The lowest BCUT2D eigenvalue weighted by molar-refractivity contribution is 0.0107. The van der Waals surface area contributed by atoms with Crippen LogP contribution in [-0.4, -0.2) is 52.2 Å². The van der Waals surface area contributed by atoms with Crippen LogP contribution in [0, 0.1) is 22.7 Å². The van der Waals surface area contributed by atoms with Crippen molar-refractivity contribution >= 4 is 46.4 Å². The first-order valence-corrected chi connectivity index (χ1v) is 15.6. The zero-order valence-electron chi connectivity index (χ0n) is 23.7.